The summed E-state index contributed by atoms with van der Waals surface area (Å²) in [6, 6.07) is 5.36. The molecule has 0 radical (unpaired) electrons. The highest BCUT2D eigenvalue weighted by atomic mass is 79.9. The molecule has 1 fully saturated rings. The molecule has 0 saturated heterocycles. The first-order valence-electron chi connectivity index (χ1n) is 6.75. The highest BCUT2D eigenvalue weighted by Crippen LogP contribution is 2.47. The Morgan fingerprint density at radius 2 is 2.06 bits per heavy atom. The van der Waals surface area contributed by atoms with E-state index in [0.29, 0.717) is 0 Å². The summed E-state index contributed by atoms with van der Waals surface area (Å²) >= 11 is 3.45. The molecule has 1 atom stereocenters. The Hall–Kier alpha value is -0.410. The summed E-state index contributed by atoms with van der Waals surface area (Å²) in [5, 5.41) is 3.49. The summed E-state index contributed by atoms with van der Waals surface area (Å²) in [5.41, 5.74) is 0.980. The maximum atomic E-state index is 14.1. The van der Waals surface area contributed by atoms with Crippen LogP contribution in [0.3, 0.4) is 0 Å². The molecule has 100 valence electrons. The lowest BCUT2D eigenvalue weighted by atomic mass is 9.77. The molecule has 2 rings (SSSR count). The van der Waals surface area contributed by atoms with Crippen molar-refractivity contribution >= 4 is 15.9 Å². The van der Waals surface area contributed by atoms with Crippen LogP contribution < -0.4 is 5.32 Å². The molecule has 0 spiro atoms. The maximum Gasteiger partial charge on any atom is 0.128 e. The zero-order chi connectivity index (χ0) is 13.2. The summed E-state index contributed by atoms with van der Waals surface area (Å²) < 4.78 is 15.1. The van der Waals surface area contributed by atoms with E-state index in [0.717, 1.165) is 16.6 Å². The third-order valence-corrected chi connectivity index (χ3v) is 4.61. The van der Waals surface area contributed by atoms with Gasteiger partial charge in [0.2, 0.25) is 0 Å². The van der Waals surface area contributed by atoms with E-state index >= 15 is 0 Å². The van der Waals surface area contributed by atoms with Crippen molar-refractivity contribution in [2.75, 3.05) is 6.54 Å². The van der Waals surface area contributed by atoms with Crippen LogP contribution in [0.4, 0.5) is 4.39 Å². The van der Waals surface area contributed by atoms with Crippen molar-refractivity contribution in [3.63, 3.8) is 0 Å². The van der Waals surface area contributed by atoms with E-state index in [1.165, 1.54) is 25.7 Å². The molecule has 1 unspecified atom stereocenters. The first kappa shape index (κ1) is 14.0. The third-order valence-electron chi connectivity index (χ3n) is 4.12. The van der Waals surface area contributed by atoms with Gasteiger partial charge >= 0.3 is 0 Å². The molecule has 0 aliphatic heterocycles. The third kappa shape index (κ3) is 2.77. The van der Waals surface area contributed by atoms with Gasteiger partial charge in [-0.05, 0) is 43.0 Å². The van der Waals surface area contributed by atoms with E-state index < -0.39 is 0 Å². The molecular formula is C15H21BrFN. The summed E-state index contributed by atoms with van der Waals surface area (Å²) in [6.07, 6.45) is 4.87. The molecule has 1 saturated carbocycles. The molecule has 1 aliphatic carbocycles. The molecule has 0 heterocycles. The molecular weight excluding hydrogens is 293 g/mol. The summed E-state index contributed by atoms with van der Waals surface area (Å²) in [5.74, 6) is -0.0997. The van der Waals surface area contributed by atoms with Gasteiger partial charge in [-0.2, -0.15) is 0 Å². The van der Waals surface area contributed by atoms with Gasteiger partial charge in [0.15, 0.2) is 0 Å². The van der Waals surface area contributed by atoms with Crippen LogP contribution >= 0.6 is 15.9 Å². The Kier molecular flexibility index (Phi) is 4.44. The zero-order valence-electron chi connectivity index (χ0n) is 11.1. The van der Waals surface area contributed by atoms with Crippen LogP contribution in [0.5, 0.6) is 0 Å². The van der Waals surface area contributed by atoms with Crippen molar-refractivity contribution in [3.05, 3.63) is 34.1 Å². The Labute approximate surface area is 117 Å². The minimum Gasteiger partial charge on any atom is -0.310 e. The monoisotopic (exact) mass is 313 g/mol. The lowest BCUT2D eigenvalue weighted by Gasteiger charge is -2.35. The van der Waals surface area contributed by atoms with Crippen LogP contribution in [-0.2, 0) is 0 Å². The standard InChI is InChI=1S/C15H21BrFN/c1-3-18-14(15(2)8-4-5-9-15)12-10-11(16)6-7-13(12)17/h6-7,10,14,18H,3-5,8-9H2,1-2H3. The lowest BCUT2D eigenvalue weighted by molar-refractivity contribution is 0.221. The van der Waals surface area contributed by atoms with Crippen LogP contribution in [0, 0.1) is 11.2 Å². The predicted molar refractivity (Wildman–Crippen MR) is 77.1 cm³/mol. The van der Waals surface area contributed by atoms with E-state index in [1.54, 1.807) is 12.1 Å². The van der Waals surface area contributed by atoms with Crippen molar-refractivity contribution in [2.45, 2.75) is 45.6 Å². The van der Waals surface area contributed by atoms with Crippen molar-refractivity contribution < 1.29 is 4.39 Å². The second-order valence-corrected chi connectivity index (χ2v) is 6.43. The molecule has 1 nitrogen and oxygen atoms in total. The van der Waals surface area contributed by atoms with Crippen molar-refractivity contribution in [1.82, 2.24) is 5.32 Å². The van der Waals surface area contributed by atoms with E-state index in [9.17, 15) is 4.39 Å². The number of rotatable bonds is 4. The average molecular weight is 314 g/mol. The van der Waals surface area contributed by atoms with Crippen LogP contribution in [0.2, 0.25) is 0 Å². The fraction of sp³-hybridized carbons (Fsp3) is 0.600. The van der Waals surface area contributed by atoms with Crippen LogP contribution in [0.1, 0.15) is 51.1 Å². The number of benzene rings is 1. The van der Waals surface area contributed by atoms with E-state index in [1.807, 2.05) is 6.07 Å². The second kappa shape index (κ2) is 5.70. The van der Waals surface area contributed by atoms with Crippen LogP contribution in [0.15, 0.2) is 22.7 Å². The first-order valence-corrected chi connectivity index (χ1v) is 7.54. The minimum absolute atomic E-state index is 0.0997. The fourth-order valence-corrected chi connectivity index (χ4v) is 3.52. The Morgan fingerprint density at radius 1 is 1.39 bits per heavy atom. The van der Waals surface area contributed by atoms with E-state index in [-0.39, 0.29) is 17.3 Å². The molecule has 18 heavy (non-hydrogen) atoms. The number of halogens is 2. The molecule has 0 aromatic heterocycles. The minimum atomic E-state index is -0.0997. The lowest BCUT2D eigenvalue weighted by Crippen LogP contribution is -2.35. The van der Waals surface area contributed by atoms with Crippen LogP contribution in [-0.4, -0.2) is 6.54 Å². The molecule has 1 aliphatic rings. The fourth-order valence-electron chi connectivity index (χ4n) is 3.14. The van der Waals surface area contributed by atoms with Gasteiger partial charge in [-0.1, -0.05) is 42.6 Å². The second-order valence-electron chi connectivity index (χ2n) is 5.52. The highest BCUT2D eigenvalue weighted by Gasteiger charge is 2.38. The Bertz CT molecular complexity index is 413. The Balaban J connectivity index is 2.37. The molecule has 3 heteroatoms. The van der Waals surface area contributed by atoms with E-state index in [4.69, 9.17) is 0 Å². The first-order chi connectivity index (χ1) is 8.57. The van der Waals surface area contributed by atoms with Gasteiger partial charge in [0.1, 0.15) is 5.82 Å². The zero-order valence-corrected chi connectivity index (χ0v) is 12.7. The summed E-state index contributed by atoms with van der Waals surface area (Å²) in [4.78, 5) is 0. The summed E-state index contributed by atoms with van der Waals surface area (Å²) in [6.45, 7) is 5.24. The van der Waals surface area contributed by atoms with Gasteiger partial charge in [-0.3, -0.25) is 0 Å². The predicted octanol–water partition coefficient (Wildman–Crippen LogP) is 4.82. The normalized spacial score (nSPS) is 20.0. The topological polar surface area (TPSA) is 12.0 Å². The van der Waals surface area contributed by atoms with Gasteiger partial charge < -0.3 is 5.32 Å². The average Bonchev–Trinajstić information content (AvgIpc) is 2.77. The number of hydrogen-bond acceptors (Lipinski definition) is 1. The largest absolute Gasteiger partial charge is 0.310 e. The van der Waals surface area contributed by atoms with E-state index in [2.05, 4.69) is 35.1 Å². The molecule has 1 aromatic rings. The van der Waals surface area contributed by atoms with Gasteiger partial charge in [-0.15, -0.1) is 0 Å². The smallest absolute Gasteiger partial charge is 0.128 e. The van der Waals surface area contributed by atoms with Crippen molar-refractivity contribution in [2.24, 2.45) is 5.41 Å². The van der Waals surface area contributed by atoms with Gasteiger partial charge in [0.25, 0.3) is 0 Å². The van der Waals surface area contributed by atoms with Crippen molar-refractivity contribution in [3.8, 4) is 0 Å². The molecule has 1 aromatic carbocycles. The number of hydrogen-bond donors (Lipinski definition) is 1. The van der Waals surface area contributed by atoms with Gasteiger partial charge in [0, 0.05) is 16.1 Å². The van der Waals surface area contributed by atoms with Gasteiger partial charge in [-0.25, -0.2) is 4.39 Å². The van der Waals surface area contributed by atoms with Gasteiger partial charge in [0.05, 0.1) is 0 Å². The van der Waals surface area contributed by atoms with Crippen LogP contribution in [0.25, 0.3) is 0 Å². The molecule has 0 amide bonds. The highest BCUT2D eigenvalue weighted by molar-refractivity contribution is 9.10. The Morgan fingerprint density at radius 3 is 2.67 bits per heavy atom. The molecule has 0 bridgehead atoms. The molecule has 1 N–H and O–H groups in total. The maximum absolute atomic E-state index is 14.1. The quantitative estimate of drug-likeness (QED) is 0.840. The number of nitrogens with one attached hydrogen (secondary N) is 1. The van der Waals surface area contributed by atoms with Crippen molar-refractivity contribution in [1.29, 1.82) is 0 Å². The SMILES string of the molecule is CCNC(c1cc(Br)ccc1F)C1(C)CCCC1. The summed E-state index contributed by atoms with van der Waals surface area (Å²) in [7, 11) is 0.